The molecule has 3 rings (SSSR count). The molecule has 1 heterocycles. The number of hydrogen-bond donors (Lipinski definition) is 0. The summed E-state index contributed by atoms with van der Waals surface area (Å²) >= 11 is 0. The Kier molecular flexibility index (Phi) is 4.65. The van der Waals surface area contributed by atoms with Crippen LogP contribution < -0.4 is 0 Å². The molecular formula is C18H17N3O3. The van der Waals surface area contributed by atoms with Gasteiger partial charge >= 0.3 is 5.97 Å². The lowest BCUT2D eigenvalue weighted by atomic mass is 10.1. The molecule has 6 heteroatoms. The molecule has 0 saturated carbocycles. The summed E-state index contributed by atoms with van der Waals surface area (Å²) < 4.78 is 6.75. The normalized spacial score (nSPS) is 12.0. The van der Waals surface area contributed by atoms with Gasteiger partial charge in [0.25, 0.3) is 0 Å². The van der Waals surface area contributed by atoms with Gasteiger partial charge in [-0.3, -0.25) is 9.59 Å². The minimum absolute atomic E-state index is 0.0739. The molecule has 122 valence electrons. The van der Waals surface area contributed by atoms with Gasteiger partial charge in [-0.05, 0) is 24.6 Å². The number of fused-ring (bicyclic) bond motifs is 1. The van der Waals surface area contributed by atoms with E-state index in [1.165, 1.54) is 11.6 Å². The van der Waals surface area contributed by atoms with Gasteiger partial charge in [-0.2, -0.15) is 0 Å². The molecule has 24 heavy (non-hydrogen) atoms. The van der Waals surface area contributed by atoms with Gasteiger partial charge in [-0.1, -0.05) is 47.7 Å². The Morgan fingerprint density at radius 3 is 2.54 bits per heavy atom. The zero-order valence-corrected chi connectivity index (χ0v) is 13.3. The first-order valence-electron chi connectivity index (χ1n) is 7.65. The van der Waals surface area contributed by atoms with Crippen molar-refractivity contribution in [1.29, 1.82) is 0 Å². The van der Waals surface area contributed by atoms with Gasteiger partial charge in [0.05, 0.1) is 11.9 Å². The first kappa shape index (κ1) is 15.9. The van der Waals surface area contributed by atoms with Gasteiger partial charge in [-0.15, -0.1) is 5.10 Å². The lowest BCUT2D eigenvalue weighted by molar-refractivity contribution is -0.147. The number of para-hydroxylation sites is 1. The largest absolute Gasteiger partial charge is 0.461 e. The van der Waals surface area contributed by atoms with Crippen molar-refractivity contribution in [2.24, 2.45) is 0 Å². The fourth-order valence-corrected chi connectivity index (χ4v) is 2.47. The summed E-state index contributed by atoms with van der Waals surface area (Å²) in [4.78, 5) is 24.1. The van der Waals surface area contributed by atoms with E-state index in [1.54, 1.807) is 0 Å². The molecule has 0 amide bonds. The standard InChI is InChI=1S/C18H17N3O3/c1-13(22)17(21-16-10-6-5-9-15(16)19-20-21)11-18(23)24-12-14-7-3-2-4-8-14/h2-10,17H,11-12H2,1H3. The van der Waals surface area contributed by atoms with Crippen molar-refractivity contribution in [3.05, 3.63) is 60.2 Å². The Hall–Kier alpha value is -3.02. The zero-order valence-electron chi connectivity index (χ0n) is 13.3. The number of ether oxygens (including phenoxy) is 1. The quantitative estimate of drug-likeness (QED) is 0.652. The Balaban J connectivity index is 1.72. The van der Waals surface area contributed by atoms with Gasteiger partial charge in [0.2, 0.25) is 0 Å². The van der Waals surface area contributed by atoms with E-state index in [-0.39, 0.29) is 18.8 Å². The number of aromatic nitrogens is 3. The van der Waals surface area contributed by atoms with Crippen molar-refractivity contribution in [2.75, 3.05) is 0 Å². The van der Waals surface area contributed by atoms with E-state index >= 15 is 0 Å². The highest BCUT2D eigenvalue weighted by Gasteiger charge is 2.24. The minimum atomic E-state index is -0.722. The van der Waals surface area contributed by atoms with Crippen molar-refractivity contribution < 1.29 is 14.3 Å². The van der Waals surface area contributed by atoms with Crippen molar-refractivity contribution in [1.82, 2.24) is 15.0 Å². The summed E-state index contributed by atoms with van der Waals surface area (Å²) in [7, 11) is 0. The lowest BCUT2D eigenvalue weighted by Gasteiger charge is -2.14. The second-order valence-corrected chi connectivity index (χ2v) is 5.50. The molecule has 0 bridgehead atoms. The molecule has 0 spiro atoms. The van der Waals surface area contributed by atoms with E-state index in [1.807, 2.05) is 54.6 Å². The summed E-state index contributed by atoms with van der Waals surface area (Å²) in [5.41, 5.74) is 2.30. The highest BCUT2D eigenvalue weighted by Crippen LogP contribution is 2.19. The summed E-state index contributed by atoms with van der Waals surface area (Å²) in [6.07, 6.45) is -0.0739. The van der Waals surface area contributed by atoms with E-state index in [9.17, 15) is 9.59 Å². The lowest BCUT2D eigenvalue weighted by Crippen LogP contribution is -2.22. The van der Waals surface area contributed by atoms with Crippen LogP contribution in [0.25, 0.3) is 11.0 Å². The molecule has 2 aromatic carbocycles. The summed E-state index contributed by atoms with van der Waals surface area (Å²) in [5, 5.41) is 8.06. The van der Waals surface area contributed by atoms with Gasteiger partial charge < -0.3 is 4.74 Å². The highest BCUT2D eigenvalue weighted by atomic mass is 16.5. The third-order valence-corrected chi connectivity index (χ3v) is 3.74. The van der Waals surface area contributed by atoms with Gasteiger partial charge in [0.1, 0.15) is 18.2 Å². The smallest absolute Gasteiger partial charge is 0.308 e. The predicted octanol–water partition coefficient (Wildman–Crippen LogP) is 2.69. The van der Waals surface area contributed by atoms with Crippen molar-refractivity contribution in [2.45, 2.75) is 26.0 Å². The molecule has 0 N–H and O–H groups in total. The maximum Gasteiger partial charge on any atom is 0.308 e. The van der Waals surface area contributed by atoms with Gasteiger partial charge in [-0.25, -0.2) is 4.68 Å². The molecule has 0 aliphatic rings. The number of carbonyl (C=O) groups excluding carboxylic acids is 2. The monoisotopic (exact) mass is 323 g/mol. The Morgan fingerprint density at radius 1 is 1.08 bits per heavy atom. The first-order chi connectivity index (χ1) is 11.6. The molecule has 0 fully saturated rings. The molecule has 1 aromatic heterocycles. The second kappa shape index (κ2) is 7.04. The van der Waals surface area contributed by atoms with Crippen LogP contribution in [0.1, 0.15) is 24.9 Å². The van der Waals surface area contributed by atoms with Crippen LogP contribution in [0.4, 0.5) is 0 Å². The van der Waals surface area contributed by atoms with E-state index in [0.717, 1.165) is 5.56 Å². The van der Waals surface area contributed by atoms with E-state index in [0.29, 0.717) is 11.0 Å². The van der Waals surface area contributed by atoms with Gasteiger partial charge in [0.15, 0.2) is 5.78 Å². The van der Waals surface area contributed by atoms with Crippen LogP contribution in [0.2, 0.25) is 0 Å². The first-order valence-corrected chi connectivity index (χ1v) is 7.65. The molecule has 0 saturated heterocycles. The van der Waals surface area contributed by atoms with E-state index in [4.69, 9.17) is 4.74 Å². The molecule has 0 radical (unpaired) electrons. The third-order valence-electron chi connectivity index (χ3n) is 3.74. The van der Waals surface area contributed by atoms with Crippen LogP contribution in [0.15, 0.2) is 54.6 Å². The number of hydrogen-bond acceptors (Lipinski definition) is 5. The molecule has 0 aliphatic carbocycles. The Bertz CT molecular complexity index is 858. The number of ketones is 1. The van der Waals surface area contributed by atoms with Crippen LogP contribution in [0.5, 0.6) is 0 Å². The van der Waals surface area contributed by atoms with Crippen LogP contribution in [-0.2, 0) is 20.9 Å². The molecule has 6 nitrogen and oxygen atoms in total. The molecule has 1 unspecified atom stereocenters. The Labute approximate surface area is 139 Å². The SMILES string of the molecule is CC(=O)C(CC(=O)OCc1ccccc1)n1nnc2ccccc21. The number of rotatable bonds is 6. The molecule has 0 aliphatic heterocycles. The molecular weight excluding hydrogens is 306 g/mol. The summed E-state index contributed by atoms with van der Waals surface area (Å²) in [6, 6.07) is 16.0. The van der Waals surface area contributed by atoms with E-state index in [2.05, 4.69) is 10.3 Å². The summed E-state index contributed by atoms with van der Waals surface area (Å²) in [6.45, 7) is 1.62. The van der Waals surface area contributed by atoms with Gasteiger partial charge in [0, 0.05) is 0 Å². The average molecular weight is 323 g/mol. The maximum absolute atomic E-state index is 12.1. The second-order valence-electron chi connectivity index (χ2n) is 5.50. The highest BCUT2D eigenvalue weighted by molar-refractivity contribution is 5.87. The van der Waals surface area contributed by atoms with Crippen LogP contribution >= 0.6 is 0 Å². The predicted molar refractivity (Wildman–Crippen MR) is 88.1 cm³/mol. The maximum atomic E-state index is 12.1. The van der Waals surface area contributed by atoms with Crippen molar-refractivity contribution >= 4 is 22.8 Å². The van der Waals surface area contributed by atoms with Crippen molar-refractivity contribution in [3.8, 4) is 0 Å². The number of carbonyl (C=O) groups is 2. The van der Waals surface area contributed by atoms with Crippen LogP contribution in [0.3, 0.4) is 0 Å². The van der Waals surface area contributed by atoms with Crippen molar-refractivity contribution in [3.63, 3.8) is 0 Å². The number of benzene rings is 2. The fourth-order valence-electron chi connectivity index (χ4n) is 2.47. The minimum Gasteiger partial charge on any atom is -0.461 e. The Morgan fingerprint density at radius 2 is 1.79 bits per heavy atom. The molecule has 3 aromatic rings. The van der Waals surface area contributed by atoms with E-state index < -0.39 is 12.0 Å². The number of nitrogens with zero attached hydrogens (tertiary/aromatic N) is 3. The van der Waals surface area contributed by atoms with Crippen LogP contribution in [0, 0.1) is 0 Å². The average Bonchev–Trinajstić information content (AvgIpc) is 3.02. The number of Topliss-reactive ketones (excluding diaryl/α,β-unsaturated/α-hetero) is 1. The zero-order chi connectivity index (χ0) is 16.9. The topological polar surface area (TPSA) is 74.1 Å². The third kappa shape index (κ3) is 3.48. The summed E-state index contributed by atoms with van der Waals surface area (Å²) in [5.74, 6) is -0.610. The van der Waals surface area contributed by atoms with Crippen LogP contribution in [-0.4, -0.2) is 26.7 Å². The fraction of sp³-hybridized carbons (Fsp3) is 0.222. The number of esters is 1. The molecule has 1 atom stereocenters.